The van der Waals surface area contributed by atoms with E-state index in [0.717, 1.165) is 11.8 Å². The van der Waals surface area contributed by atoms with Crippen molar-refractivity contribution in [2.75, 3.05) is 17.1 Å². The fourth-order valence-electron chi connectivity index (χ4n) is 1.57. The van der Waals surface area contributed by atoms with Crippen LogP contribution in [0.4, 0.5) is 15.8 Å². The fourth-order valence-corrected chi connectivity index (χ4v) is 2.87. The van der Waals surface area contributed by atoms with Gasteiger partial charge in [0.25, 0.3) is 10.0 Å². The van der Waals surface area contributed by atoms with Crippen molar-refractivity contribution in [3.8, 4) is 0 Å². The van der Waals surface area contributed by atoms with Crippen LogP contribution < -0.4 is 10.0 Å². The molecule has 2 aromatic rings. The van der Waals surface area contributed by atoms with E-state index in [4.69, 9.17) is 0 Å². The SMILES string of the molecule is CNc1ccc(S(=O)(=O)Nc2ccc(Br)c(F)c2)cc1. The predicted molar refractivity (Wildman–Crippen MR) is 80.9 cm³/mol. The van der Waals surface area contributed by atoms with Crippen LogP contribution in [-0.2, 0) is 10.0 Å². The molecule has 0 aliphatic rings. The van der Waals surface area contributed by atoms with Crippen LogP contribution in [0.25, 0.3) is 0 Å². The average molecular weight is 359 g/mol. The van der Waals surface area contributed by atoms with Crippen molar-refractivity contribution in [2.24, 2.45) is 0 Å². The molecule has 0 aromatic heterocycles. The minimum Gasteiger partial charge on any atom is -0.388 e. The largest absolute Gasteiger partial charge is 0.388 e. The van der Waals surface area contributed by atoms with Crippen molar-refractivity contribution in [3.05, 3.63) is 52.8 Å². The van der Waals surface area contributed by atoms with E-state index < -0.39 is 15.8 Å². The maximum atomic E-state index is 13.4. The highest BCUT2D eigenvalue weighted by atomic mass is 79.9. The molecule has 2 N–H and O–H groups in total. The smallest absolute Gasteiger partial charge is 0.261 e. The van der Waals surface area contributed by atoms with Crippen molar-refractivity contribution in [1.29, 1.82) is 0 Å². The van der Waals surface area contributed by atoms with Crippen LogP contribution >= 0.6 is 15.9 Å². The molecular weight excluding hydrogens is 347 g/mol. The standard InChI is InChI=1S/C13H12BrFN2O2S/c1-16-9-2-5-11(6-3-9)20(18,19)17-10-4-7-12(14)13(15)8-10/h2-8,16-17H,1H3. The highest BCUT2D eigenvalue weighted by Gasteiger charge is 2.14. The van der Waals surface area contributed by atoms with Crippen LogP contribution in [0.5, 0.6) is 0 Å². The quantitative estimate of drug-likeness (QED) is 0.880. The third-order valence-corrected chi connectivity index (χ3v) is 4.67. The minimum absolute atomic E-state index is 0.111. The number of halogens is 2. The van der Waals surface area contributed by atoms with Crippen molar-refractivity contribution in [1.82, 2.24) is 0 Å². The number of benzene rings is 2. The van der Waals surface area contributed by atoms with E-state index in [-0.39, 0.29) is 15.1 Å². The molecular formula is C13H12BrFN2O2S. The third-order valence-electron chi connectivity index (χ3n) is 2.63. The van der Waals surface area contributed by atoms with Crippen molar-refractivity contribution >= 4 is 37.3 Å². The van der Waals surface area contributed by atoms with Crippen LogP contribution in [0.15, 0.2) is 51.8 Å². The molecule has 7 heteroatoms. The first-order valence-electron chi connectivity index (χ1n) is 5.68. The summed E-state index contributed by atoms with van der Waals surface area (Å²) in [6.45, 7) is 0. The van der Waals surface area contributed by atoms with Gasteiger partial charge < -0.3 is 5.32 Å². The normalized spacial score (nSPS) is 11.2. The van der Waals surface area contributed by atoms with E-state index in [9.17, 15) is 12.8 Å². The third kappa shape index (κ3) is 3.29. The number of sulfonamides is 1. The molecule has 4 nitrogen and oxygen atoms in total. The van der Waals surface area contributed by atoms with E-state index in [2.05, 4.69) is 26.0 Å². The summed E-state index contributed by atoms with van der Waals surface area (Å²) in [6, 6.07) is 10.3. The van der Waals surface area contributed by atoms with Gasteiger partial charge in [-0.05, 0) is 58.4 Å². The first-order valence-corrected chi connectivity index (χ1v) is 7.96. The lowest BCUT2D eigenvalue weighted by Crippen LogP contribution is -2.13. The van der Waals surface area contributed by atoms with E-state index in [1.807, 2.05) is 0 Å². The Labute approximate surface area is 125 Å². The Morgan fingerprint density at radius 3 is 2.20 bits per heavy atom. The maximum absolute atomic E-state index is 13.4. The van der Waals surface area contributed by atoms with Crippen LogP contribution in [-0.4, -0.2) is 15.5 Å². The molecule has 0 bridgehead atoms. The van der Waals surface area contributed by atoms with E-state index in [0.29, 0.717) is 0 Å². The summed E-state index contributed by atoms with van der Waals surface area (Å²) in [5.74, 6) is -0.532. The van der Waals surface area contributed by atoms with Gasteiger partial charge in [0.15, 0.2) is 0 Å². The second-order valence-electron chi connectivity index (χ2n) is 4.01. The first-order chi connectivity index (χ1) is 9.42. The summed E-state index contributed by atoms with van der Waals surface area (Å²) in [6.07, 6.45) is 0. The zero-order valence-corrected chi connectivity index (χ0v) is 12.9. The van der Waals surface area contributed by atoms with Crippen molar-refractivity contribution < 1.29 is 12.8 Å². The second kappa shape index (κ2) is 5.80. The van der Waals surface area contributed by atoms with Crippen LogP contribution in [0, 0.1) is 5.82 Å². The summed E-state index contributed by atoms with van der Waals surface area (Å²) < 4.78 is 40.2. The van der Waals surface area contributed by atoms with Gasteiger partial charge in [-0.15, -0.1) is 0 Å². The van der Waals surface area contributed by atoms with Gasteiger partial charge in [-0.1, -0.05) is 0 Å². The molecule has 0 saturated heterocycles. The number of nitrogens with one attached hydrogen (secondary N) is 2. The molecule has 0 aliphatic heterocycles. The maximum Gasteiger partial charge on any atom is 0.261 e. The molecule has 2 rings (SSSR count). The Morgan fingerprint density at radius 1 is 1.05 bits per heavy atom. The number of hydrogen-bond donors (Lipinski definition) is 2. The molecule has 0 atom stereocenters. The lowest BCUT2D eigenvalue weighted by Gasteiger charge is -2.09. The first kappa shape index (κ1) is 14.8. The summed E-state index contributed by atoms with van der Waals surface area (Å²) in [5, 5.41) is 2.90. The summed E-state index contributed by atoms with van der Waals surface area (Å²) in [4.78, 5) is 0.111. The molecule has 0 spiro atoms. The Kier molecular flexibility index (Phi) is 4.29. The molecule has 2 aromatic carbocycles. The number of anilines is 2. The van der Waals surface area contributed by atoms with Gasteiger partial charge in [0, 0.05) is 12.7 Å². The van der Waals surface area contributed by atoms with Crippen LogP contribution in [0.2, 0.25) is 0 Å². The minimum atomic E-state index is -3.73. The van der Waals surface area contributed by atoms with Gasteiger partial charge in [0.05, 0.1) is 15.1 Å². The Morgan fingerprint density at radius 2 is 1.65 bits per heavy atom. The van der Waals surface area contributed by atoms with Gasteiger partial charge >= 0.3 is 0 Å². The molecule has 0 heterocycles. The molecule has 0 aliphatic carbocycles. The Hall–Kier alpha value is -1.60. The summed E-state index contributed by atoms with van der Waals surface area (Å²) in [5.41, 5.74) is 0.974. The monoisotopic (exact) mass is 358 g/mol. The molecule has 0 unspecified atom stereocenters. The van der Waals surface area contributed by atoms with E-state index in [1.54, 1.807) is 19.2 Å². The molecule has 0 fully saturated rings. The zero-order chi connectivity index (χ0) is 14.8. The van der Waals surface area contributed by atoms with E-state index in [1.165, 1.54) is 24.3 Å². The fraction of sp³-hybridized carbons (Fsp3) is 0.0769. The van der Waals surface area contributed by atoms with E-state index >= 15 is 0 Å². The Balaban J connectivity index is 2.27. The zero-order valence-electron chi connectivity index (χ0n) is 10.5. The molecule has 0 saturated carbocycles. The van der Waals surface area contributed by atoms with Gasteiger partial charge in [-0.3, -0.25) is 4.72 Å². The van der Waals surface area contributed by atoms with Crippen molar-refractivity contribution in [2.45, 2.75) is 4.90 Å². The molecule has 106 valence electrons. The number of rotatable bonds is 4. The van der Waals surface area contributed by atoms with Crippen LogP contribution in [0.3, 0.4) is 0 Å². The molecule has 0 amide bonds. The van der Waals surface area contributed by atoms with Gasteiger partial charge in [0.1, 0.15) is 5.82 Å². The lowest BCUT2D eigenvalue weighted by atomic mass is 10.3. The Bertz CT molecular complexity index is 718. The van der Waals surface area contributed by atoms with Crippen molar-refractivity contribution in [3.63, 3.8) is 0 Å². The predicted octanol–water partition coefficient (Wildman–Crippen LogP) is 3.43. The summed E-state index contributed by atoms with van der Waals surface area (Å²) in [7, 11) is -1.99. The lowest BCUT2D eigenvalue weighted by molar-refractivity contribution is 0.601. The molecule has 0 radical (unpaired) electrons. The topological polar surface area (TPSA) is 58.2 Å². The van der Waals surface area contributed by atoms with Gasteiger partial charge in [-0.2, -0.15) is 0 Å². The highest BCUT2D eigenvalue weighted by Crippen LogP contribution is 2.22. The molecule has 20 heavy (non-hydrogen) atoms. The van der Waals surface area contributed by atoms with Gasteiger partial charge in [0.2, 0.25) is 0 Å². The second-order valence-corrected chi connectivity index (χ2v) is 6.55. The van der Waals surface area contributed by atoms with Crippen LogP contribution in [0.1, 0.15) is 0 Å². The average Bonchev–Trinajstić information content (AvgIpc) is 2.43. The number of hydrogen-bond acceptors (Lipinski definition) is 3. The van der Waals surface area contributed by atoms with Gasteiger partial charge in [-0.25, -0.2) is 12.8 Å². The summed E-state index contributed by atoms with van der Waals surface area (Å²) >= 11 is 3.01. The highest BCUT2D eigenvalue weighted by molar-refractivity contribution is 9.10.